The molecule has 0 N–H and O–H groups in total. The predicted molar refractivity (Wildman–Crippen MR) is 134 cm³/mol. The molecule has 0 aliphatic carbocycles. The van der Waals surface area contributed by atoms with Gasteiger partial charge in [-0.05, 0) is 37.3 Å². The summed E-state index contributed by atoms with van der Waals surface area (Å²) < 4.78 is 40.9. The number of ether oxygens (including phenoxy) is 2. The fourth-order valence-corrected chi connectivity index (χ4v) is 6.30. The third-order valence-electron chi connectivity index (χ3n) is 5.77. The molecule has 2 aromatic carbocycles. The Hall–Kier alpha value is -2.69. The van der Waals surface area contributed by atoms with Crippen molar-refractivity contribution in [2.45, 2.75) is 18.4 Å². The lowest BCUT2D eigenvalue weighted by atomic mass is 10.1. The Kier molecular flexibility index (Phi) is 6.69. The molecule has 8 nitrogen and oxygen atoms in total. The number of nitrogens with zero attached hydrogens (tertiary/aromatic N) is 4. The van der Waals surface area contributed by atoms with Crippen molar-refractivity contribution in [1.29, 1.82) is 0 Å². The lowest BCUT2D eigenvalue weighted by Gasteiger charge is -2.26. The molecule has 1 fully saturated rings. The number of para-hydroxylation sites is 1. The average Bonchev–Trinajstić information content (AvgIpc) is 3.39. The van der Waals surface area contributed by atoms with Gasteiger partial charge in [-0.3, -0.25) is 0 Å². The van der Waals surface area contributed by atoms with Crippen LogP contribution in [-0.4, -0.2) is 53.8 Å². The van der Waals surface area contributed by atoms with Gasteiger partial charge < -0.3 is 9.47 Å². The summed E-state index contributed by atoms with van der Waals surface area (Å²) in [7, 11) is -3.80. The topological polar surface area (TPSA) is 86.6 Å². The maximum atomic E-state index is 13.2. The van der Waals surface area contributed by atoms with E-state index < -0.39 is 10.0 Å². The van der Waals surface area contributed by atoms with Gasteiger partial charge in [0.2, 0.25) is 10.0 Å². The van der Waals surface area contributed by atoms with Crippen molar-refractivity contribution in [2.24, 2.45) is 0 Å². The summed E-state index contributed by atoms with van der Waals surface area (Å²) in [6, 6.07) is 12.4. The number of sulfonamides is 1. The molecule has 0 unspecified atom stereocenters. The molecule has 35 heavy (non-hydrogen) atoms. The standard InChI is InChI=1S/C24H22Cl2N4O4S/c1-16-14-20(30-9-3-8-27-30)17-4-2-5-21(24(17)28-16)34-15-18-19(25)6-7-22(23(18)26)35(31,32)29-10-12-33-13-11-29/h2-9,14H,10-13,15H2,1H3. The highest BCUT2D eigenvalue weighted by Gasteiger charge is 2.30. The Morgan fingerprint density at radius 3 is 2.66 bits per heavy atom. The molecule has 1 aliphatic rings. The van der Waals surface area contributed by atoms with Crippen LogP contribution in [0, 0.1) is 6.92 Å². The van der Waals surface area contributed by atoms with Crippen LogP contribution in [0.4, 0.5) is 0 Å². The Morgan fingerprint density at radius 2 is 1.91 bits per heavy atom. The SMILES string of the molecule is Cc1cc(-n2cccn2)c2cccc(OCc3c(Cl)ccc(S(=O)(=O)N4CCOCC4)c3Cl)c2n1. The van der Waals surface area contributed by atoms with Crippen LogP contribution in [-0.2, 0) is 21.4 Å². The molecular weight excluding hydrogens is 511 g/mol. The number of benzene rings is 2. The Morgan fingerprint density at radius 1 is 1.11 bits per heavy atom. The van der Waals surface area contributed by atoms with Gasteiger partial charge in [-0.25, -0.2) is 18.1 Å². The lowest BCUT2D eigenvalue weighted by Crippen LogP contribution is -2.40. The van der Waals surface area contributed by atoms with E-state index >= 15 is 0 Å². The van der Waals surface area contributed by atoms with Gasteiger partial charge in [0.1, 0.15) is 22.8 Å². The second-order valence-electron chi connectivity index (χ2n) is 8.03. The van der Waals surface area contributed by atoms with Crippen LogP contribution < -0.4 is 4.74 Å². The number of aryl methyl sites for hydroxylation is 1. The summed E-state index contributed by atoms with van der Waals surface area (Å²) in [5.41, 5.74) is 2.72. The molecule has 2 aromatic heterocycles. The van der Waals surface area contributed by atoms with Crippen molar-refractivity contribution in [3.05, 3.63) is 76.2 Å². The third kappa shape index (κ3) is 4.62. The second-order valence-corrected chi connectivity index (χ2v) is 10.7. The van der Waals surface area contributed by atoms with Gasteiger partial charge >= 0.3 is 0 Å². The molecular formula is C24H22Cl2N4O4S. The first-order valence-corrected chi connectivity index (χ1v) is 13.1. The van der Waals surface area contributed by atoms with E-state index in [9.17, 15) is 8.42 Å². The quantitative estimate of drug-likeness (QED) is 0.359. The van der Waals surface area contributed by atoms with Crippen LogP contribution in [0.3, 0.4) is 0 Å². The number of morpholine rings is 1. The van der Waals surface area contributed by atoms with Crippen molar-refractivity contribution in [1.82, 2.24) is 19.1 Å². The Balaban J connectivity index is 1.49. The van der Waals surface area contributed by atoms with Gasteiger partial charge in [-0.2, -0.15) is 9.40 Å². The molecule has 0 saturated carbocycles. The van der Waals surface area contributed by atoms with E-state index in [0.29, 0.717) is 35.1 Å². The third-order valence-corrected chi connectivity index (χ3v) is 8.61. The molecule has 0 spiro atoms. The van der Waals surface area contributed by atoms with E-state index in [4.69, 9.17) is 32.7 Å². The molecule has 0 amide bonds. The zero-order valence-corrected chi connectivity index (χ0v) is 21.1. The zero-order chi connectivity index (χ0) is 24.6. The van der Waals surface area contributed by atoms with Crippen molar-refractivity contribution in [3.8, 4) is 11.4 Å². The summed E-state index contributed by atoms with van der Waals surface area (Å²) in [5.74, 6) is 0.521. The smallest absolute Gasteiger partial charge is 0.244 e. The molecule has 1 aliphatic heterocycles. The minimum absolute atomic E-state index is 0.00285. The molecule has 0 atom stereocenters. The van der Waals surface area contributed by atoms with E-state index in [1.807, 2.05) is 37.4 Å². The first kappa shape index (κ1) is 24.0. The molecule has 11 heteroatoms. The van der Waals surface area contributed by atoms with E-state index in [2.05, 4.69) is 10.1 Å². The van der Waals surface area contributed by atoms with Crippen LogP contribution in [0.2, 0.25) is 10.0 Å². The van der Waals surface area contributed by atoms with Crippen molar-refractivity contribution < 1.29 is 17.9 Å². The first-order chi connectivity index (χ1) is 16.9. The highest BCUT2D eigenvalue weighted by Crippen LogP contribution is 2.35. The van der Waals surface area contributed by atoms with Gasteiger partial charge in [0.05, 0.1) is 23.9 Å². The number of aromatic nitrogens is 3. The van der Waals surface area contributed by atoms with E-state index in [1.54, 1.807) is 16.9 Å². The maximum absolute atomic E-state index is 13.2. The molecule has 0 bridgehead atoms. The number of pyridine rings is 1. The average molecular weight is 533 g/mol. The van der Waals surface area contributed by atoms with E-state index in [-0.39, 0.29) is 29.6 Å². The number of hydrogen-bond acceptors (Lipinski definition) is 6. The molecule has 0 radical (unpaired) electrons. The van der Waals surface area contributed by atoms with Gasteiger partial charge in [-0.1, -0.05) is 35.3 Å². The minimum Gasteiger partial charge on any atom is -0.487 e. The number of rotatable bonds is 6. The fraction of sp³-hybridized carbons (Fsp3) is 0.250. The molecule has 4 aromatic rings. The summed E-state index contributed by atoms with van der Waals surface area (Å²) in [6.45, 7) is 3.09. The highest BCUT2D eigenvalue weighted by atomic mass is 35.5. The summed E-state index contributed by atoms with van der Waals surface area (Å²) in [6.07, 6.45) is 3.57. The first-order valence-electron chi connectivity index (χ1n) is 10.9. The van der Waals surface area contributed by atoms with E-state index in [1.165, 1.54) is 16.4 Å². The van der Waals surface area contributed by atoms with Crippen LogP contribution in [0.15, 0.2) is 59.8 Å². The molecule has 1 saturated heterocycles. The molecule has 3 heterocycles. The summed E-state index contributed by atoms with van der Waals surface area (Å²) in [4.78, 5) is 4.67. The van der Waals surface area contributed by atoms with E-state index in [0.717, 1.165) is 16.8 Å². The molecule has 5 rings (SSSR count). The zero-order valence-electron chi connectivity index (χ0n) is 18.8. The van der Waals surface area contributed by atoms with Crippen molar-refractivity contribution in [2.75, 3.05) is 26.3 Å². The van der Waals surface area contributed by atoms with Crippen LogP contribution in [0.1, 0.15) is 11.3 Å². The lowest BCUT2D eigenvalue weighted by molar-refractivity contribution is 0.0730. The van der Waals surface area contributed by atoms with Crippen molar-refractivity contribution >= 4 is 44.1 Å². The number of halogens is 2. The number of hydrogen-bond donors (Lipinski definition) is 0. The molecule has 182 valence electrons. The minimum atomic E-state index is -3.80. The van der Waals surface area contributed by atoms with Gasteiger partial charge in [0, 0.05) is 47.1 Å². The summed E-state index contributed by atoms with van der Waals surface area (Å²) >= 11 is 13.0. The highest BCUT2D eigenvalue weighted by molar-refractivity contribution is 7.89. The van der Waals surface area contributed by atoms with Crippen LogP contribution in [0.25, 0.3) is 16.6 Å². The van der Waals surface area contributed by atoms with Crippen molar-refractivity contribution in [3.63, 3.8) is 0 Å². The Bertz CT molecular complexity index is 1490. The normalized spacial score (nSPS) is 14.9. The predicted octanol–water partition coefficient (Wildman–Crippen LogP) is 4.64. The maximum Gasteiger partial charge on any atom is 0.244 e. The monoisotopic (exact) mass is 532 g/mol. The van der Waals surface area contributed by atoms with Crippen LogP contribution >= 0.6 is 23.2 Å². The Labute approximate surface area is 213 Å². The van der Waals surface area contributed by atoms with Crippen LogP contribution in [0.5, 0.6) is 5.75 Å². The fourth-order valence-electron chi connectivity index (χ4n) is 4.03. The van der Waals surface area contributed by atoms with Gasteiger partial charge in [0.25, 0.3) is 0 Å². The number of fused-ring (bicyclic) bond motifs is 1. The summed E-state index contributed by atoms with van der Waals surface area (Å²) in [5, 5.41) is 5.56. The van der Waals surface area contributed by atoms with Gasteiger partial charge in [-0.15, -0.1) is 0 Å². The second kappa shape index (κ2) is 9.75. The largest absolute Gasteiger partial charge is 0.487 e. The van der Waals surface area contributed by atoms with Gasteiger partial charge in [0.15, 0.2) is 0 Å².